The second-order valence-electron chi connectivity index (χ2n) is 4.41. The minimum absolute atomic E-state index is 0.403. The first-order valence-corrected chi connectivity index (χ1v) is 5.86. The number of fused-ring (bicyclic) bond motifs is 1. The van der Waals surface area contributed by atoms with Gasteiger partial charge in [0.1, 0.15) is 12.1 Å². The third-order valence-corrected chi connectivity index (χ3v) is 3.31. The molecule has 0 aliphatic heterocycles. The molecule has 1 heterocycles. The molecule has 1 aliphatic carbocycles. The lowest BCUT2D eigenvalue weighted by Crippen LogP contribution is -2.40. The number of nitrogens with one attached hydrogen (secondary N) is 1. The molecule has 0 radical (unpaired) electrons. The fraction of sp³-hybridized carbons (Fsp3) is 0.385. The van der Waals surface area contributed by atoms with Crippen LogP contribution in [0.5, 0.6) is 0 Å². The van der Waals surface area contributed by atoms with Gasteiger partial charge in [-0.05, 0) is 25.0 Å². The van der Waals surface area contributed by atoms with Crippen LogP contribution in [0.15, 0.2) is 30.6 Å². The third kappa shape index (κ3) is 1.96. The topological polar surface area (TPSA) is 47.0 Å². The van der Waals surface area contributed by atoms with E-state index in [1.165, 1.54) is 0 Å². The molecule has 0 atom stereocenters. The summed E-state index contributed by atoms with van der Waals surface area (Å²) >= 11 is 0. The number of para-hydroxylation sites is 1. The Morgan fingerprint density at radius 2 is 2.06 bits per heavy atom. The van der Waals surface area contributed by atoms with E-state index < -0.39 is 0 Å². The Bertz CT molecular complexity index is 518. The average Bonchev–Trinajstić information content (AvgIpc) is 2.33. The van der Waals surface area contributed by atoms with Crippen molar-refractivity contribution in [2.75, 3.05) is 12.4 Å². The molecule has 1 N–H and O–H groups in total. The van der Waals surface area contributed by atoms with Crippen LogP contribution in [0.2, 0.25) is 0 Å². The number of hydrogen-bond acceptors (Lipinski definition) is 4. The molecular formula is C13H15N3O. The van der Waals surface area contributed by atoms with Gasteiger partial charge in [0.05, 0.1) is 11.6 Å². The van der Waals surface area contributed by atoms with Crippen LogP contribution in [0.1, 0.15) is 12.8 Å². The van der Waals surface area contributed by atoms with Crippen LogP contribution in [-0.2, 0) is 4.74 Å². The molecule has 1 saturated carbocycles. The van der Waals surface area contributed by atoms with Gasteiger partial charge in [0.15, 0.2) is 0 Å². The van der Waals surface area contributed by atoms with E-state index in [4.69, 9.17) is 4.74 Å². The van der Waals surface area contributed by atoms with Gasteiger partial charge in [0.2, 0.25) is 0 Å². The quantitative estimate of drug-likeness (QED) is 0.876. The molecule has 4 nitrogen and oxygen atoms in total. The van der Waals surface area contributed by atoms with Gasteiger partial charge in [-0.3, -0.25) is 0 Å². The first kappa shape index (κ1) is 10.5. The molecule has 2 aromatic rings. The van der Waals surface area contributed by atoms with Crippen LogP contribution >= 0.6 is 0 Å². The number of aromatic nitrogens is 2. The molecule has 1 fully saturated rings. The van der Waals surface area contributed by atoms with Crippen molar-refractivity contribution in [2.45, 2.75) is 25.0 Å². The van der Waals surface area contributed by atoms with E-state index in [0.717, 1.165) is 29.6 Å². The van der Waals surface area contributed by atoms with Crippen molar-refractivity contribution in [1.82, 2.24) is 9.97 Å². The molecule has 0 spiro atoms. The zero-order chi connectivity index (χ0) is 11.7. The van der Waals surface area contributed by atoms with E-state index in [-0.39, 0.29) is 0 Å². The van der Waals surface area contributed by atoms with Crippen LogP contribution in [0.4, 0.5) is 5.82 Å². The molecular weight excluding hydrogens is 214 g/mol. The van der Waals surface area contributed by atoms with Crippen LogP contribution in [0.25, 0.3) is 10.9 Å². The number of anilines is 1. The number of hydrogen-bond donors (Lipinski definition) is 1. The summed E-state index contributed by atoms with van der Waals surface area (Å²) in [6, 6.07) is 8.52. The highest BCUT2D eigenvalue weighted by Gasteiger charge is 2.29. The van der Waals surface area contributed by atoms with Gasteiger partial charge in [-0.25, -0.2) is 9.97 Å². The van der Waals surface area contributed by atoms with E-state index in [9.17, 15) is 0 Å². The molecule has 1 aromatic heterocycles. The molecule has 88 valence electrons. The number of rotatable bonds is 3. The van der Waals surface area contributed by atoms with Gasteiger partial charge in [-0.15, -0.1) is 0 Å². The second kappa shape index (κ2) is 4.30. The highest BCUT2D eigenvalue weighted by molar-refractivity contribution is 5.88. The zero-order valence-electron chi connectivity index (χ0n) is 9.76. The lowest BCUT2D eigenvalue weighted by atomic mass is 9.89. The highest BCUT2D eigenvalue weighted by atomic mass is 16.5. The van der Waals surface area contributed by atoms with Gasteiger partial charge in [0.25, 0.3) is 0 Å². The minimum atomic E-state index is 0.403. The number of nitrogens with zero attached hydrogens (tertiary/aromatic N) is 2. The van der Waals surface area contributed by atoms with Crippen molar-refractivity contribution in [1.29, 1.82) is 0 Å². The first-order chi connectivity index (χ1) is 8.36. The molecule has 0 amide bonds. The minimum Gasteiger partial charge on any atom is -0.381 e. The molecule has 0 saturated heterocycles. The van der Waals surface area contributed by atoms with Gasteiger partial charge >= 0.3 is 0 Å². The number of ether oxygens (including phenoxy) is 1. The van der Waals surface area contributed by atoms with Crippen LogP contribution < -0.4 is 5.32 Å². The molecule has 0 bridgehead atoms. The van der Waals surface area contributed by atoms with E-state index >= 15 is 0 Å². The summed E-state index contributed by atoms with van der Waals surface area (Å²) in [6.07, 6.45) is 4.11. The predicted octanol–water partition coefficient (Wildman–Crippen LogP) is 2.22. The zero-order valence-corrected chi connectivity index (χ0v) is 9.76. The summed E-state index contributed by atoms with van der Waals surface area (Å²) in [5.41, 5.74) is 0.979. The molecule has 0 unspecified atom stereocenters. The van der Waals surface area contributed by atoms with Crippen LogP contribution in [0, 0.1) is 0 Å². The molecule has 1 aromatic carbocycles. The van der Waals surface area contributed by atoms with Crippen molar-refractivity contribution >= 4 is 16.7 Å². The molecule has 3 rings (SSSR count). The second-order valence-corrected chi connectivity index (χ2v) is 4.41. The summed E-state index contributed by atoms with van der Waals surface area (Å²) in [5, 5.41) is 4.53. The Balaban J connectivity index is 1.81. The van der Waals surface area contributed by atoms with E-state index in [2.05, 4.69) is 15.3 Å². The lowest BCUT2D eigenvalue weighted by molar-refractivity contribution is 0.0328. The summed E-state index contributed by atoms with van der Waals surface area (Å²) in [7, 11) is 1.76. The SMILES string of the molecule is COC1CC(Nc2ncnc3ccccc23)C1. The Morgan fingerprint density at radius 1 is 1.24 bits per heavy atom. The maximum Gasteiger partial charge on any atom is 0.137 e. The molecule has 1 aliphatic rings. The molecule has 17 heavy (non-hydrogen) atoms. The lowest BCUT2D eigenvalue weighted by Gasteiger charge is -2.35. The van der Waals surface area contributed by atoms with Gasteiger partial charge in [-0.2, -0.15) is 0 Å². The van der Waals surface area contributed by atoms with E-state index in [1.54, 1.807) is 13.4 Å². The maximum absolute atomic E-state index is 5.27. The van der Waals surface area contributed by atoms with Crippen molar-refractivity contribution in [2.24, 2.45) is 0 Å². The van der Waals surface area contributed by atoms with Gasteiger partial charge in [-0.1, -0.05) is 12.1 Å². The maximum atomic E-state index is 5.27. The standard InChI is InChI=1S/C13H15N3O/c1-17-10-6-9(7-10)16-13-11-4-2-3-5-12(11)14-8-15-13/h2-5,8-10H,6-7H2,1H3,(H,14,15,16). The Hall–Kier alpha value is -1.68. The smallest absolute Gasteiger partial charge is 0.137 e. The normalized spacial score (nSPS) is 23.4. The van der Waals surface area contributed by atoms with E-state index in [0.29, 0.717) is 12.1 Å². The largest absolute Gasteiger partial charge is 0.381 e. The average molecular weight is 229 g/mol. The Morgan fingerprint density at radius 3 is 2.88 bits per heavy atom. The molecule has 4 heteroatoms. The number of benzene rings is 1. The highest BCUT2D eigenvalue weighted by Crippen LogP contribution is 2.28. The Labute approximate surface area is 100 Å². The van der Waals surface area contributed by atoms with Crippen molar-refractivity contribution in [3.63, 3.8) is 0 Å². The Kier molecular flexibility index (Phi) is 2.65. The fourth-order valence-corrected chi connectivity index (χ4v) is 2.19. The summed E-state index contributed by atoms with van der Waals surface area (Å²) in [5.74, 6) is 0.926. The van der Waals surface area contributed by atoms with Crippen molar-refractivity contribution in [3.8, 4) is 0 Å². The predicted molar refractivity (Wildman–Crippen MR) is 67.0 cm³/mol. The van der Waals surface area contributed by atoms with Gasteiger partial charge < -0.3 is 10.1 Å². The van der Waals surface area contributed by atoms with Crippen molar-refractivity contribution < 1.29 is 4.74 Å². The van der Waals surface area contributed by atoms with Crippen molar-refractivity contribution in [3.05, 3.63) is 30.6 Å². The number of methoxy groups -OCH3 is 1. The third-order valence-electron chi connectivity index (χ3n) is 3.31. The first-order valence-electron chi connectivity index (χ1n) is 5.86. The summed E-state index contributed by atoms with van der Waals surface area (Å²) in [4.78, 5) is 8.56. The van der Waals surface area contributed by atoms with Crippen LogP contribution in [0.3, 0.4) is 0 Å². The van der Waals surface area contributed by atoms with E-state index in [1.807, 2.05) is 24.3 Å². The summed E-state index contributed by atoms with van der Waals surface area (Å²) < 4.78 is 5.27. The fourth-order valence-electron chi connectivity index (χ4n) is 2.19. The van der Waals surface area contributed by atoms with Gasteiger partial charge in [0, 0.05) is 18.5 Å². The van der Waals surface area contributed by atoms with Crippen LogP contribution in [-0.4, -0.2) is 29.2 Å². The summed E-state index contributed by atoms with van der Waals surface area (Å²) in [6.45, 7) is 0. The monoisotopic (exact) mass is 229 g/mol.